The van der Waals surface area contributed by atoms with Gasteiger partial charge < -0.3 is 24.4 Å². The predicted molar refractivity (Wildman–Crippen MR) is 109 cm³/mol. The Morgan fingerprint density at radius 2 is 1.83 bits per heavy atom. The van der Waals surface area contributed by atoms with Crippen LogP contribution in [0, 0.1) is 0 Å². The molecule has 3 saturated heterocycles. The van der Waals surface area contributed by atoms with E-state index in [1.54, 1.807) is 9.80 Å². The molecule has 1 N–H and O–H groups in total. The predicted octanol–water partition coefficient (Wildman–Crippen LogP) is 2.31. The quantitative estimate of drug-likeness (QED) is 0.724. The Labute approximate surface area is 172 Å². The molecule has 3 fully saturated rings. The van der Waals surface area contributed by atoms with Gasteiger partial charge in [-0.15, -0.1) is 0 Å². The highest BCUT2D eigenvalue weighted by Gasteiger charge is 2.36. The first-order valence-electron chi connectivity index (χ1n) is 10.3. The van der Waals surface area contributed by atoms with Crippen molar-refractivity contribution in [1.82, 2.24) is 15.1 Å². The lowest BCUT2D eigenvalue weighted by atomic mass is 10.00. The van der Waals surface area contributed by atoms with E-state index in [4.69, 9.17) is 14.2 Å². The molecular weight excluding hydrogens is 374 g/mol. The number of fused-ring (bicyclic) bond motifs is 2. The van der Waals surface area contributed by atoms with Crippen LogP contribution in [-0.4, -0.2) is 85.2 Å². The average Bonchev–Trinajstić information content (AvgIpc) is 3.01. The molecule has 0 aliphatic carbocycles. The second-order valence-corrected chi connectivity index (χ2v) is 8.91. The van der Waals surface area contributed by atoms with Crippen LogP contribution in [0.5, 0.6) is 0 Å². The molecule has 3 aliphatic heterocycles. The Morgan fingerprint density at radius 1 is 1.17 bits per heavy atom. The van der Waals surface area contributed by atoms with Crippen LogP contribution in [0.3, 0.4) is 0 Å². The molecule has 0 aromatic heterocycles. The molecule has 3 rings (SSSR count). The van der Waals surface area contributed by atoms with Crippen LogP contribution < -0.4 is 5.32 Å². The van der Waals surface area contributed by atoms with Crippen molar-refractivity contribution in [3.05, 3.63) is 24.3 Å². The van der Waals surface area contributed by atoms with Crippen molar-refractivity contribution < 1.29 is 23.8 Å². The second kappa shape index (κ2) is 8.75. The highest BCUT2D eigenvalue weighted by molar-refractivity contribution is 5.75. The van der Waals surface area contributed by atoms with Crippen LogP contribution in [0.4, 0.5) is 9.59 Å². The van der Waals surface area contributed by atoms with E-state index in [0.29, 0.717) is 44.0 Å². The molecule has 2 unspecified atom stereocenters. The van der Waals surface area contributed by atoms with Crippen LogP contribution >= 0.6 is 0 Å². The topological polar surface area (TPSA) is 80.3 Å². The van der Waals surface area contributed by atoms with Crippen LogP contribution in [0.15, 0.2) is 24.3 Å². The van der Waals surface area contributed by atoms with E-state index in [1.807, 2.05) is 20.8 Å². The van der Waals surface area contributed by atoms with Crippen molar-refractivity contribution in [1.29, 1.82) is 0 Å². The minimum absolute atomic E-state index is 0.122. The third kappa shape index (κ3) is 5.51. The van der Waals surface area contributed by atoms with Gasteiger partial charge in [0.2, 0.25) is 0 Å². The Balaban J connectivity index is 1.53. The summed E-state index contributed by atoms with van der Waals surface area (Å²) < 4.78 is 16.8. The molecule has 29 heavy (non-hydrogen) atoms. The molecule has 8 heteroatoms. The molecule has 162 valence electrons. The normalized spacial score (nSPS) is 26.8. The van der Waals surface area contributed by atoms with Crippen LogP contribution in [0.25, 0.3) is 0 Å². The van der Waals surface area contributed by atoms with Gasteiger partial charge in [0.25, 0.3) is 0 Å². The maximum atomic E-state index is 12.6. The Bertz CT molecular complexity index is 660. The fourth-order valence-electron chi connectivity index (χ4n) is 3.86. The Morgan fingerprint density at radius 3 is 2.45 bits per heavy atom. The van der Waals surface area contributed by atoms with Gasteiger partial charge in [-0.25, -0.2) is 9.59 Å². The maximum Gasteiger partial charge on any atom is 0.410 e. The summed E-state index contributed by atoms with van der Waals surface area (Å²) >= 11 is 0. The van der Waals surface area contributed by atoms with E-state index in [0.717, 1.165) is 12.8 Å². The molecule has 0 radical (unpaired) electrons. The molecule has 0 aromatic rings. The molecule has 3 aliphatic rings. The van der Waals surface area contributed by atoms with E-state index in [1.165, 1.54) is 0 Å². The molecule has 0 aromatic carbocycles. The standard InChI is InChI=1S/C21H33N3O5/c1-14(10-22-19(25)23-11-16-6-7-17(12-23)28-16)15(2)18-13-27-9-8-24(18)20(26)29-21(3,4)5/h16-18H,1-2,6-13H2,3-5H3,(H,22,25)/t16?,17?,18-/m0/s1. The first-order valence-corrected chi connectivity index (χ1v) is 10.3. The van der Waals surface area contributed by atoms with Gasteiger partial charge in [-0.1, -0.05) is 13.2 Å². The molecular formula is C21H33N3O5. The van der Waals surface area contributed by atoms with Gasteiger partial charge in [0.05, 0.1) is 31.5 Å². The zero-order valence-electron chi connectivity index (χ0n) is 17.7. The van der Waals surface area contributed by atoms with Crippen molar-refractivity contribution in [2.24, 2.45) is 0 Å². The van der Waals surface area contributed by atoms with Crippen LogP contribution in [0.1, 0.15) is 33.6 Å². The summed E-state index contributed by atoms with van der Waals surface area (Å²) in [5.74, 6) is 0. The number of hydrogen-bond acceptors (Lipinski definition) is 5. The number of carbonyl (C=O) groups is 2. The van der Waals surface area contributed by atoms with Gasteiger partial charge >= 0.3 is 12.1 Å². The number of likely N-dealkylation sites (tertiary alicyclic amines) is 1. The lowest BCUT2D eigenvalue weighted by molar-refractivity contribution is -0.0240. The minimum Gasteiger partial charge on any atom is -0.444 e. The molecule has 3 heterocycles. The van der Waals surface area contributed by atoms with Gasteiger partial charge in [-0.2, -0.15) is 0 Å². The second-order valence-electron chi connectivity index (χ2n) is 8.91. The summed E-state index contributed by atoms with van der Waals surface area (Å²) in [6.45, 7) is 16.4. The minimum atomic E-state index is -0.580. The van der Waals surface area contributed by atoms with Gasteiger partial charge in [-0.3, -0.25) is 4.90 Å². The SMILES string of the molecule is C=C(CNC(=O)N1CC2CCC(C1)O2)C(=C)[C@@H]1COCCN1C(=O)OC(C)(C)C. The highest BCUT2D eigenvalue weighted by atomic mass is 16.6. The summed E-state index contributed by atoms with van der Waals surface area (Å²) in [5.41, 5.74) is 0.751. The van der Waals surface area contributed by atoms with Crippen molar-refractivity contribution in [3.63, 3.8) is 0 Å². The van der Waals surface area contributed by atoms with E-state index in [9.17, 15) is 9.59 Å². The number of hydrogen-bond donors (Lipinski definition) is 1. The average molecular weight is 408 g/mol. The van der Waals surface area contributed by atoms with Crippen molar-refractivity contribution in [2.45, 2.75) is 57.5 Å². The number of ether oxygens (including phenoxy) is 3. The Hall–Kier alpha value is -2.06. The number of rotatable bonds is 4. The third-order valence-electron chi connectivity index (χ3n) is 5.40. The molecule has 3 amide bonds. The smallest absolute Gasteiger partial charge is 0.410 e. The third-order valence-corrected chi connectivity index (χ3v) is 5.40. The number of nitrogens with one attached hydrogen (secondary N) is 1. The monoisotopic (exact) mass is 407 g/mol. The molecule has 0 spiro atoms. The first kappa shape index (κ1) is 21.6. The summed E-state index contributed by atoms with van der Waals surface area (Å²) in [7, 11) is 0. The number of nitrogens with zero attached hydrogens (tertiary/aromatic N) is 2. The van der Waals surface area contributed by atoms with Gasteiger partial charge in [0.15, 0.2) is 0 Å². The summed E-state index contributed by atoms with van der Waals surface area (Å²) in [5, 5.41) is 2.92. The van der Waals surface area contributed by atoms with E-state index < -0.39 is 11.7 Å². The van der Waals surface area contributed by atoms with E-state index in [-0.39, 0.29) is 30.8 Å². The van der Waals surface area contributed by atoms with Gasteiger partial charge in [-0.05, 0) is 44.8 Å². The Kier molecular flexibility index (Phi) is 6.53. The van der Waals surface area contributed by atoms with E-state index in [2.05, 4.69) is 18.5 Å². The number of carbonyl (C=O) groups excluding carboxylic acids is 2. The maximum absolute atomic E-state index is 12.6. The largest absolute Gasteiger partial charge is 0.444 e. The molecule has 2 bridgehead atoms. The lowest BCUT2D eigenvalue weighted by Gasteiger charge is -2.38. The highest BCUT2D eigenvalue weighted by Crippen LogP contribution is 2.26. The molecule has 0 saturated carbocycles. The zero-order valence-corrected chi connectivity index (χ0v) is 17.7. The number of amides is 3. The molecule has 8 nitrogen and oxygen atoms in total. The summed E-state index contributed by atoms with van der Waals surface area (Å²) in [6.07, 6.45) is 1.94. The van der Waals surface area contributed by atoms with Crippen LogP contribution in [-0.2, 0) is 14.2 Å². The van der Waals surface area contributed by atoms with E-state index >= 15 is 0 Å². The number of morpholine rings is 2. The van der Waals surface area contributed by atoms with Crippen molar-refractivity contribution >= 4 is 12.1 Å². The zero-order chi connectivity index (χ0) is 21.2. The molecule has 3 atom stereocenters. The van der Waals surface area contributed by atoms with Gasteiger partial charge in [0.1, 0.15) is 5.60 Å². The van der Waals surface area contributed by atoms with Gasteiger partial charge in [0, 0.05) is 26.2 Å². The summed E-state index contributed by atoms with van der Waals surface area (Å²) in [4.78, 5) is 28.5. The fourth-order valence-corrected chi connectivity index (χ4v) is 3.86. The van der Waals surface area contributed by atoms with Crippen LogP contribution in [0.2, 0.25) is 0 Å². The number of urea groups is 1. The fraction of sp³-hybridized carbons (Fsp3) is 0.714. The first-order chi connectivity index (χ1) is 13.6. The lowest BCUT2D eigenvalue weighted by Crippen LogP contribution is -2.52. The van der Waals surface area contributed by atoms with Crippen molar-refractivity contribution in [3.8, 4) is 0 Å². The van der Waals surface area contributed by atoms with Crippen molar-refractivity contribution in [2.75, 3.05) is 39.4 Å². The summed E-state index contributed by atoms with van der Waals surface area (Å²) in [6, 6.07) is -0.481.